The molecule has 3 heterocycles. The minimum atomic E-state index is -1.98. The predicted molar refractivity (Wildman–Crippen MR) is 90.4 cm³/mol. The summed E-state index contributed by atoms with van der Waals surface area (Å²) in [5.41, 5.74) is 2.74. The molecule has 0 spiro atoms. The van der Waals surface area contributed by atoms with Gasteiger partial charge in [0.25, 0.3) is 5.91 Å². The first-order valence-corrected chi connectivity index (χ1v) is 8.07. The molecule has 1 amide bonds. The largest absolute Gasteiger partial charge is 0.367 e. The molecular weight excluding hydrogens is 308 g/mol. The molecular formula is C17H22N4O3. The molecule has 3 N–H and O–H groups in total. The highest BCUT2D eigenvalue weighted by Crippen LogP contribution is 2.30. The minimum Gasteiger partial charge on any atom is -0.367 e. The number of aliphatic hydroxyl groups is 2. The second-order valence-electron chi connectivity index (χ2n) is 6.45. The highest BCUT2D eigenvalue weighted by atomic mass is 16.5. The normalized spacial score (nSPS) is 21.3. The zero-order chi connectivity index (χ0) is 17.3. The highest BCUT2D eigenvalue weighted by Gasteiger charge is 2.28. The summed E-state index contributed by atoms with van der Waals surface area (Å²) in [6.45, 7) is 5.49. The molecule has 0 aromatic carbocycles. The van der Waals surface area contributed by atoms with Gasteiger partial charge in [-0.1, -0.05) is 6.92 Å². The topological polar surface area (TPSA) is 98.6 Å². The van der Waals surface area contributed by atoms with Crippen molar-refractivity contribution in [2.75, 3.05) is 18.0 Å². The smallest absolute Gasteiger partial charge is 0.276 e. The van der Waals surface area contributed by atoms with Crippen LogP contribution in [0, 0.1) is 12.8 Å². The van der Waals surface area contributed by atoms with E-state index >= 15 is 0 Å². The van der Waals surface area contributed by atoms with Gasteiger partial charge in [0.2, 0.25) is 6.29 Å². The van der Waals surface area contributed by atoms with Crippen molar-refractivity contribution in [1.82, 2.24) is 15.3 Å². The third-order valence-corrected chi connectivity index (χ3v) is 4.39. The van der Waals surface area contributed by atoms with Crippen molar-refractivity contribution in [3.63, 3.8) is 0 Å². The van der Waals surface area contributed by atoms with Crippen molar-refractivity contribution in [3.05, 3.63) is 30.2 Å². The van der Waals surface area contributed by atoms with E-state index in [0.717, 1.165) is 35.2 Å². The molecule has 0 aliphatic carbocycles. The molecule has 2 aromatic rings. The number of nitrogens with one attached hydrogen (secondary N) is 1. The number of rotatable bonds is 3. The van der Waals surface area contributed by atoms with Gasteiger partial charge in [-0.15, -0.1) is 0 Å². The molecule has 1 aliphatic heterocycles. The summed E-state index contributed by atoms with van der Waals surface area (Å²) in [5.74, 6) is -0.407. The molecule has 128 valence electrons. The number of aliphatic hydroxyl groups excluding tert-OH is 1. The van der Waals surface area contributed by atoms with Gasteiger partial charge in [0.15, 0.2) is 0 Å². The number of pyridine rings is 2. The Morgan fingerprint density at radius 1 is 1.38 bits per heavy atom. The van der Waals surface area contributed by atoms with Gasteiger partial charge >= 0.3 is 0 Å². The summed E-state index contributed by atoms with van der Waals surface area (Å²) < 4.78 is 0. The quantitative estimate of drug-likeness (QED) is 0.712. The van der Waals surface area contributed by atoms with Gasteiger partial charge in [-0.2, -0.15) is 0 Å². The van der Waals surface area contributed by atoms with Gasteiger partial charge in [0, 0.05) is 30.7 Å². The monoisotopic (exact) mass is 330 g/mol. The number of piperidine rings is 1. The van der Waals surface area contributed by atoms with Crippen molar-refractivity contribution in [3.8, 4) is 0 Å². The summed E-state index contributed by atoms with van der Waals surface area (Å²) in [5, 5.41) is 21.7. The first-order valence-electron chi connectivity index (χ1n) is 8.07. The van der Waals surface area contributed by atoms with Crippen LogP contribution in [-0.4, -0.2) is 51.5 Å². The average molecular weight is 330 g/mol. The summed E-state index contributed by atoms with van der Waals surface area (Å²) in [4.78, 5) is 22.6. The molecule has 2 atom stereocenters. The first kappa shape index (κ1) is 16.6. The Bertz CT molecular complexity index is 750. The van der Waals surface area contributed by atoms with Crippen LogP contribution in [-0.2, 0) is 4.79 Å². The fourth-order valence-electron chi connectivity index (χ4n) is 3.37. The Morgan fingerprint density at radius 2 is 2.17 bits per heavy atom. The third-order valence-electron chi connectivity index (χ3n) is 4.39. The Labute approximate surface area is 140 Å². The molecule has 1 fully saturated rings. The maximum Gasteiger partial charge on any atom is 0.276 e. The molecule has 3 rings (SSSR count). The van der Waals surface area contributed by atoms with Gasteiger partial charge in [-0.05, 0) is 31.4 Å². The molecule has 0 radical (unpaired) electrons. The lowest BCUT2D eigenvalue weighted by atomic mass is 9.95. The van der Waals surface area contributed by atoms with Crippen LogP contribution in [0.25, 0.3) is 10.9 Å². The lowest BCUT2D eigenvalue weighted by Crippen LogP contribution is -2.52. The van der Waals surface area contributed by atoms with E-state index in [1.807, 2.05) is 25.3 Å². The van der Waals surface area contributed by atoms with Crippen LogP contribution in [0.15, 0.2) is 24.5 Å². The minimum absolute atomic E-state index is 0.143. The SMILES string of the molecule is Cc1ncc(N2C[C@@H](C)C[C@@H](NC(=O)C(O)O)C2)c2cccnc12. The number of hydrogen-bond acceptors (Lipinski definition) is 6. The number of amides is 1. The number of aromatic nitrogens is 2. The van der Waals surface area contributed by atoms with Crippen LogP contribution in [0.1, 0.15) is 19.0 Å². The summed E-state index contributed by atoms with van der Waals surface area (Å²) >= 11 is 0. The lowest BCUT2D eigenvalue weighted by molar-refractivity contribution is -0.148. The van der Waals surface area contributed by atoms with E-state index in [1.54, 1.807) is 6.20 Å². The number of fused-ring (bicyclic) bond motifs is 1. The number of hydrogen-bond donors (Lipinski definition) is 3. The van der Waals surface area contributed by atoms with Gasteiger partial charge in [-0.25, -0.2) is 0 Å². The van der Waals surface area contributed by atoms with Crippen LogP contribution in [0.4, 0.5) is 5.69 Å². The number of carbonyl (C=O) groups is 1. The van der Waals surface area contributed by atoms with Gasteiger partial charge < -0.3 is 20.4 Å². The lowest BCUT2D eigenvalue weighted by Gasteiger charge is -2.38. The first-order chi connectivity index (χ1) is 11.5. The number of anilines is 1. The van der Waals surface area contributed by atoms with Crippen molar-refractivity contribution in [2.45, 2.75) is 32.6 Å². The van der Waals surface area contributed by atoms with Gasteiger partial charge in [0.05, 0.1) is 23.1 Å². The molecule has 0 bridgehead atoms. The molecule has 7 heteroatoms. The molecule has 7 nitrogen and oxygen atoms in total. The number of carbonyl (C=O) groups excluding carboxylic acids is 1. The van der Waals surface area contributed by atoms with Crippen molar-refractivity contribution in [2.24, 2.45) is 5.92 Å². The maximum atomic E-state index is 11.6. The second-order valence-corrected chi connectivity index (χ2v) is 6.45. The summed E-state index contributed by atoms with van der Waals surface area (Å²) in [6, 6.07) is 3.78. The fraction of sp³-hybridized carbons (Fsp3) is 0.471. The van der Waals surface area contributed by atoms with Crippen LogP contribution >= 0.6 is 0 Å². The van der Waals surface area contributed by atoms with Crippen LogP contribution < -0.4 is 10.2 Å². The second kappa shape index (κ2) is 6.70. The molecule has 2 aromatic heterocycles. The third kappa shape index (κ3) is 3.32. The molecule has 24 heavy (non-hydrogen) atoms. The predicted octanol–water partition coefficient (Wildman–Crippen LogP) is 0.580. The summed E-state index contributed by atoms with van der Waals surface area (Å²) in [6.07, 6.45) is 2.41. The van der Waals surface area contributed by atoms with E-state index in [0.29, 0.717) is 12.5 Å². The van der Waals surface area contributed by atoms with Crippen molar-refractivity contribution in [1.29, 1.82) is 0 Å². The zero-order valence-electron chi connectivity index (χ0n) is 13.8. The molecule has 1 aliphatic rings. The van der Waals surface area contributed by atoms with Crippen LogP contribution in [0.2, 0.25) is 0 Å². The Kier molecular flexibility index (Phi) is 4.64. The Balaban J connectivity index is 1.89. The Morgan fingerprint density at radius 3 is 2.92 bits per heavy atom. The van der Waals surface area contributed by atoms with E-state index in [9.17, 15) is 4.79 Å². The van der Waals surface area contributed by atoms with Gasteiger partial charge in [0.1, 0.15) is 0 Å². The van der Waals surface area contributed by atoms with Crippen LogP contribution in [0.3, 0.4) is 0 Å². The molecule has 0 saturated carbocycles. The number of aryl methyl sites for hydroxylation is 1. The van der Waals surface area contributed by atoms with Gasteiger partial charge in [-0.3, -0.25) is 14.8 Å². The van der Waals surface area contributed by atoms with Crippen molar-refractivity contribution >= 4 is 22.5 Å². The molecule has 0 unspecified atom stereocenters. The van der Waals surface area contributed by atoms with E-state index in [2.05, 4.69) is 27.1 Å². The van der Waals surface area contributed by atoms with Crippen molar-refractivity contribution < 1.29 is 15.0 Å². The molecule has 1 saturated heterocycles. The summed E-state index contributed by atoms with van der Waals surface area (Å²) in [7, 11) is 0. The Hall–Kier alpha value is -2.25. The fourth-order valence-corrected chi connectivity index (χ4v) is 3.37. The number of nitrogens with zero attached hydrogens (tertiary/aromatic N) is 3. The van der Waals surface area contributed by atoms with E-state index < -0.39 is 12.2 Å². The van der Waals surface area contributed by atoms with Crippen LogP contribution in [0.5, 0.6) is 0 Å². The van der Waals surface area contributed by atoms with E-state index in [-0.39, 0.29) is 6.04 Å². The standard InChI is InChI=1S/C17H22N4O3/c1-10-6-12(20-16(22)17(23)24)9-21(8-10)14-7-19-11(2)15-13(14)4-3-5-18-15/h3-5,7,10,12,17,23-24H,6,8-9H2,1-2H3,(H,20,22)/t10-,12+/m0/s1. The maximum absolute atomic E-state index is 11.6. The highest BCUT2D eigenvalue weighted by molar-refractivity contribution is 5.92. The average Bonchev–Trinajstić information content (AvgIpc) is 2.54. The van der Waals surface area contributed by atoms with E-state index in [4.69, 9.17) is 10.2 Å². The van der Waals surface area contributed by atoms with E-state index in [1.165, 1.54) is 0 Å². The zero-order valence-corrected chi connectivity index (χ0v) is 13.8.